The van der Waals surface area contributed by atoms with Crippen LogP contribution in [0.4, 0.5) is 0 Å². The molecule has 0 aliphatic carbocycles. The van der Waals surface area contributed by atoms with Crippen LogP contribution in [-0.2, 0) is 24.8 Å². The van der Waals surface area contributed by atoms with Crippen molar-refractivity contribution in [1.82, 2.24) is 0 Å². The Morgan fingerprint density at radius 3 is 1.70 bits per heavy atom. The smallest absolute Gasteiger partial charge is 0.209 e. The van der Waals surface area contributed by atoms with E-state index in [9.17, 15) is 16.8 Å². The molecule has 0 saturated carbocycles. The summed E-state index contributed by atoms with van der Waals surface area (Å²) < 4.78 is 50.0. The second-order valence-electron chi connectivity index (χ2n) is 6.44. The van der Waals surface area contributed by atoms with Gasteiger partial charge < -0.3 is 4.74 Å². The Morgan fingerprint density at radius 2 is 1.35 bits per heavy atom. The molecule has 0 fully saturated rings. The fourth-order valence-corrected chi connectivity index (χ4v) is 4.32. The molecule has 0 aromatic carbocycles. The van der Waals surface area contributed by atoms with E-state index < -0.39 is 30.9 Å². The number of hydrogen-bond donors (Lipinski definition) is 2. The van der Waals surface area contributed by atoms with Crippen molar-refractivity contribution in [2.45, 2.75) is 34.1 Å². The van der Waals surface area contributed by atoms with E-state index in [1.54, 1.807) is 20.8 Å². The standard InChI is InChI=1S/C11H26N2O5S2/c1-5-11(4,9-20(13,16)17)7-18-6-10(2,3)8-19(12,14)15/h5-9H2,1-4H3,(H2,12,14,15)(H2,13,16,17). The average Bonchev–Trinajstić information content (AvgIpc) is 2.10. The number of rotatable bonds is 9. The number of primary sulfonamides is 2. The normalized spacial score (nSPS) is 16.9. The molecule has 0 aromatic rings. The highest BCUT2D eigenvalue weighted by molar-refractivity contribution is 7.89. The molecule has 122 valence electrons. The first-order valence-corrected chi connectivity index (χ1v) is 9.70. The molecular formula is C11H26N2O5S2. The Labute approximate surface area is 122 Å². The molecular weight excluding hydrogens is 304 g/mol. The molecule has 1 atom stereocenters. The largest absolute Gasteiger partial charge is 0.380 e. The number of ether oxygens (including phenoxy) is 1. The first-order valence-electron chi connectivity index (χ1n) is 6.27. The lowest BCUT2D eigenvalue weighted by Crippen LogP contribution is -2.37. The van der Waals surface area contributed by atoms with Gasteiger partial charge in [-0.3, -0.25) is 0 Å². The van der Waals surface area contributed by atoms with Crippen LogP contribution in [0.5, 0.6) is 0 Å². The highest BCUT2D eigenvalue weighted by atomic mass is 32.2. The topological polar surface area (TPSA) is 130 Å². The monoisotopic (exact) mass is 330 g/mol. The van der Waals surface area contributed by atoms with E-state index >= 15 is 0 Å². The number of nitrogens with two attached hydrogens (primary N) is 2. The minimum absolute atomic E-state index is 0.170. The predicted octanol–water partition coefficient (Wildman–Crippen LogP) is 0.0225. The molecule has 0 spiro atoms. The van der Waals surface area contributed by atoms with Crippen LogP contribution in [-0.4, -0.2) is 41.6 Å². The minimum Gasteiger partial charge on any atom is -0.380 e. The molecule has 9 heteroatoms. The van der Waals surface area contributed by atoms with Gasteiger partial charge in [0, 0.05) is 10.8 Å². The summed E-state index contributed by atoms with van der Waals surface area (Å²) in [5.74, 6) is -0.371. The van der Waals surface area contributed by atoms with Gasteiger partial charge in [0.1, 0.15) is 0 Å². The molecule has 0 amide bonds. The Morgan fingerprint density at radius 1 is 0.900 bits per heavy atom. The predicted molar refractivity (Wildman–Crippen MR) is 78.9 cm³/mol. The first-order chi connectivity index (χ1) is 8.68. The molecule has 0 aromatic heterocycles. The summed E-state index contributed by atoms with van der Waals surface area (Å²) in [7, 11) is -7.16. The van der Waals surface area contributed by atoms with E-state index in [2.05, 4.69) is 0 Å². The molecule has 0 radical (unpaired) electrons. The fourth-order valence-electron chi connectivity index (χ4n) is 1.89. The van der Waals surface area contributed by atoms with Crippen LogP contribution < -0.4 is 10.3 Å². The second-order valence-corrected chi connectivity index (χ2v) is 9.66. The molecule has 0 aliphatic heterocycles. The van der Waals surface area contributed by atoms with Crippen LogP contribution in [0.25, 0.3) is 0 Å². The van der Waals surface area contributed by atoms with E-state index in [-0.39, 0.29) is 24.7 Å². The Balaban J connectivity index is 4.54. The Kier molecular flexibility index (Phi) is 6.62. The van der Waals surface area contributed by atoms with Crippen LogP contribution in [0.2, 0.25) is 0 Å². The molecule has 7 nitrogen and oxygen atoms in total. The highest BCUT2D eigenvalue weighted by Gasteiger charge is 2.30. The van der Waals surface area contributed by atoms with Crippen LogP contribution in [0.3, 0.4) is 0 Å². The molecule has 0 saturated heterocycles. The lowest BCUT2D eigenvalue weighted by atomic mass is 9.91. The van der Waals surface area contributed by atoms with Gasteiger partial charge in [0.05, 0.1) is 24.7 Å². The SMILES string of the molecule is CCC(C)(COCC(C)(C)CS(N)(=O)=O)CS(N)(=O)=O. The van der Waals surface area contributed by atoms with E-state index in [1.807, 2.05) is 6.92 Å². The summed E-state index contributed by atoms with van der Waals surface area (Å²) >= 11 is 0. The van der Waals surface area contributed by atoms with Crippen molar-refractivity contribution < 1.29 is 21.6 Å². The van der Waals surface area contributed by atoms with Crippen LogP contribution >= 0.6 is 0 Å². The number of hydrogen-bond acceptors (Lipinski definition) is 5. The highest BCUT2D eigenvalue weighted by Crippen LogP contribution is 2.25. The van der Waals surface area contributed by atoms with Gasteiger partial charge in [-0.1, -0.05) is 27.7 Å². The summed E-state index contributed by atoms with van der Waals surface area (Å²) in [6.45, 7) is 7.42. The summed E-state index contributed by atoms with van der Waals surface area (Å²) in [6.07, 6.45) is 0.582. The van der Waals surface area contributed by atoms with Gasteiger partial charge in [-0.05, 0) is 6.42 Å². The molecule has 4 N–H and O–H groups in total. The van der Waals surface area contributed by atoms with E-state index in [4.69, 9.17) is 15.0 Å². The Hall–Kier alpha value is -0.220. The maximum absolute atomic E-state index is 11.2. The van der Waals surface area contributed by atoms with Gasteiger partial charge in [-0.25, -0.2) is 27.1 Å². The molecule has 0 bridgehead atoms. The minimum atomic E-state index is -3.58. The third-order valence-corrected chi connectivity index (χ3v) is 5.22. The van der Waals surface area contributed by atoms with Gasteiger partial charge in [0.25, 0.3) is 0 Å². The first kappa shape index (κ1) is 19.8. The molecule has 1 unspecified atom stereocenters. The van der Waals surface area contributed by atoms with Crippen molar-refractivity contribution in [2.24, 2.45) is 21.1 Å². The van der Waals surface area contributed by atoms with E-state index in [1.165, 1.54) is 0 Å². The quantitative estimate of drug-likeness (QED) is 0.615. The van der Waals surface area contributed by atoms with Crippen LogP contribution in [0.1, 0.15) is 34.1 Å². The third-order valence-electron chi connectivity index (χ3n) is 2.94. The second kappa shape index (κ2) is 6.69. The lowest BCUT2D eigenvalue weighted by Gasteiger charge is -2.30. The Bertz CT molecular complexity index is 513. The molecule has 20 heavy (non-hydrogen) atoms. The summed E-state index contributed by atoms with van der Waals surface area (Å²) in [5, 5.41) is 10.1. The summed E-state index contributed by atoms with van der Waals surface area (Å²) in [5.41, 5.74) is -1.23. The van der Waals surface area contributed by atoms with Crippen molar-refractivity contribution in [2.75, 3.05) is 24.7 Å². The van der Waals surface area contributed by atoms with E-state index in [0.717, 1.165) is 0 Å². The van der Waals surface area contributed by atoms with Gasteiger partial charge in [-0.15, -0.1) is 0 Å². The van der Waals surface area contributed by atoms with Crippen molar-refractivity contribution >= 4 is 20.0 Å². The molecule has 0 rings (SSSR count). The van der Waals surface area contributed by atoms with E-state index in [0.29, 0.717) is 6.42 Å². The van der Waals surface area contributed by atoms with Crippen molar-refractivity contribution in [3.8, 4) is 0 Å². The van der Waals surface area contributed by atoms with Gasteiger partial charge >= 0.3 is 0 Å². The zero-order chi connectivity index (χ0) is 16.2. The zero-order valence-corrected chi connectivity index (χ0v) is 14.2. The maximum Gasteiger partial charge on any atom is 0.209 e. The van der Waals surface area contributed by atoms with Crippen LogP contribution in [0, 0.1) is 10.8 Å². The van der Waals surface area contributed by atoms with Crippen LogP contribution in [0.15, 0.2) is 0 Å². The number of sulfonamides is 2. The summed E-state index contributed by atoms with van der Waals surface area (Å²) in [4.78, 5) is 0. The molecule has 0 heterocycles. The molecule has 0 aliphatic rings. The maximum atomic E-state index is 11.2. The van der Waals surface area contributed by atoms with Gasteiger partial charge in [0.2, 0.25) is 20.0 Å². The fraction of sp³-hybridized carbons (Fsp3) is 1.00. The van der Waals surface area contributed by atoms with Crippen molar-refractivity contribution in [3.05, 3.63) is 0 Å². The van der Waals surface area contributed by atoms with Crippen molar-refractivity contribution in [3.63, 3.8) is 0 Å². The van der Waals surface area contributed by atoms with Gasteiger partial charge in [0.15, 0.2) is 0 Å². The van der Waals surface area contributed by atoms with Gasteiger partial charge in [-0.2, -0.15) is 0 Å². The zero-order valence-electron chi connectivity index (χ0n) is 12.5. The summed E-state index contributed by atoms with van der Waals surface area (Å²) in [6, 6.07) is 0. The lowest BCUT2D eigenvalue weighted by molar-refractivity contribution is 0.0220. The van der Waals surface area contributed by atoms with Crippen molar-refractivity contribution in [1.29, 1.82) is 0 Å². The third kappa shape index (κ3) is 9.65. The average molecular weight is 330 g/mol.